The Labute approximate surface area is 511 Å². The van der Waals surface area contributed by atoms with E-state index in [1.54, 1.807) is 55.3 Å². The number of halogens is 2. The number of carbonyl (C=O) groups excluding carboxylic acids is 3. The van der Waals surface area contributed by atoms with Gasteiger partial charge in [0.2, 0.25) is 5.78 Å². The highest BCUT2D eigenvalue weighted by Crippen LogP contribution is 2.34. The first-order valence-electron chi connectivity index (χ1n) is 26.8. The fraction of sp³-hybridized carbons (Fsp3) is 0. The molecule has 0 aliphatic rings. The quantitative estimate of drug-likeness (QED) is 0.0565. The van der Waals surface area contributed by atoms with Gasteiger partial charge in [0.05, 0.1) is 22.4 Å². The molecular formula is C69H46Br2N10O6. The van der Waals surface area contributed by atoms with Gasteiger partial charge in [-0.1, -0.05) is 146 Å². The van der Waals surface area contributed by atoms with Gasteiger partial charge in [-0.25, -0.2) is 0 Å². The van der Waals surface area contributed by atoms with Crippen molar-refractivity contribution in [2.75, 3.05) is 5.73 Å². The molecule has 0 saturated heterocycles. The minimum absolute atomic E-state index is 0.0167. The number of pyridine rings is 6. The number of aromatic nitrogens is 9. The Hall–Kier alpha value is -11.2. The minimum atomic E-state index is -0.519. The SMILES string of the molecule is Nc1cncc(/C=C/C(=O)c2c(-c3ccccc3)c3ccccc3[nH]c2=O)c1.O=C(/C=C/c1cncc(Br)c1)c1c(-c2ccccc2)c2ccccc2[nH]c1=O.O=C(c1n[nH]nc1-c1cncc(Br)c1)c1c(-c2ccccc2)c2ccccc2[nH]c1=O. The summed E-state index contributed by atoms with van der Waals surface area (Å²) in [6, 6.07) is 56.0. The Morgan fingerprint density at radius 1 is 0.414 bits per heavy atom. The highest BCUT2D eigenvalue weighted by molar-refractivity contribution is 9.10. The normalized spacial score (nSPS) is 11.1. The molecule has 0 atom stereocenters. The van der Waals surface area contributed by atoms with E-state index in [1.165, 1.54) is 18.3 Å². The Morgan fingerprint density at radius 3 is 1.25 bits per heavy atom. The van der Waals surface area contributed by atoms with Crippen molar-refractivity contribution in [3.05, 3.63) is 305 Å². The van der Waals surface area contributed by atoms with Gasteiger partial charge < -0.3 is 20.7 Å². The number of H-pyrrole nitrogens is 4. The highest BCUT2D eigenvalue weighted by Gasteiger charge is 2.28. The molecule has 0 amide bonds. The highest BCUT2D eigenvalue weighted by atomic mass is 79.9. The molecular weight excluding hydrogens is 1220 g/mol. The lowest BCUT2D eigenvalue weighted by Gasteiger charge is -2.12. The van der Waals surface area contributed by atoms with Crippen LogP contribution in [0.25, 0.3) is 89.5 Å². The van der Waals surface area contributed by atoms with Crippen LogP contribution in [0, 0.1) is 0 Å². The van der Waals surface area contributed by atoms with Crippen molar-refractivity contribution in [3.8, 4) is 44.6 Å². The van der Waals surface area contributed by atoms with E-state index < -0.39 is 22.5 Å². The number of anilines is 1. The number of ketones is 3. The van der Waals surface area contributed by atoms with E-state index in [9.17, 15) is 28.8 Å². The van der Waals surface area contributed by atoms with Gasteiger partial charge in [0.25, 0.3) is 16.7 Å². The summed E-state index contributed by atoms with van der Waals surface area (Å²) in [5.74, 6) is -1.26. The first-order valence-corrected chi connectivity index (χ1v) is 28.4. The van der Waals surface area contributed by atoms with Crippen molar-refractivity contribution in [1.29, 1.82) is 0 Å². The standard InChI is InChI=1S/C23H14BrN5O2.C23H15BrN2O2.C23H17N3O2/c24-15-10-14(11-25-12-15)20-21(28-29-27-20)22(30)19-18(13-6-2-1-3-7-13)16-8-4-5-9-17(16)26-23(19)31;2*24-17-12-15(13-25-14-17)10-11-20(27)22-21(16-6-2-1-3-7-16)18-8-4-5-9-19(18)26-23(22)28/h1-12H,(H,26,31)(H,27,28,29);1-14H,(H,26,28);1-14H,24H2,(H,26,28)/b;2*11-10+. The van der Waals surface area contributed by atoms with Gasteiger partial charge in [-0.2, -0.15) is 15.4 Å². The monoisotopic (exact) mass is 1270 g/mol. The summed E-state index contributed by atoms with van der Waals surface area (Å²) in [6.07, 6.45) is 15.7. The van der Waals surface area contributed by atoms with Gasteiger partial charge in [0, 0.05) is 101 Å². The van der Waals surface area contributed by atoms with E-state index >= 15 is 0 Å². The molecule has 13 aromatic rings. The Bertz CT molecular complexity index is 4810. The molecule has 0 aliphatic heterocycles. The molecule has 7 aromatic heterocycles. The molecule has 7 heterocycles. The zero-order chi connectivity index (χ0) is 60.4. The van der Waals surface area contributed by atoms with Crippen LogP contribution in [0.2, 0.25) is 0 Å². The summed E-state index contributed by atoms with van der Waals surface area (Å²) in [5, 5.41) is 13.1. The van der Waals surface area contributed by atoms with E-state index in [2.05, 4.69) is 77.2 Å². The predicted molar refractivity (Wildman–Crippen MR) is 348 cm³/mol. The number of nitrogens with zero attached hydrogens (tertiary/aromatic N) is 5. The van der Waals surface area contributed by atoms with Crippen LogP contribution in [0.15, 0.2) is 255 Å². The molecule has 0 fully saturated rings. The average molecular weight is 1270 g/mol. The van der Waals surface area contributed by atoms with Gasteiger partial charge >= 0.3 is 0 Å². The van der Waals surface area contributed by atoms with Crippen LogP contribution < -0.4 is 22.4 Å². The number of allylic oxidation sites excluding steroid dienone is 2. The summed E-state index contributed by atoms with van der Waals surface area (Å²) in [4.78, 5) is 99.1. The number of nitrogens with two attached hydrogens (primary N) is 1. The van der Waals surface area contributed by atoms with Gasteiger partial charge in [0.1, 0.15) is 5.69 Å². The lowest BCUT2D eigenvalue weighted by Crippen LogP contribution is -2.21. The second-order valence-electron chi connectivity index (χ2n) is 19.5. The fourth-order valence-electron chi connectivity index (χ4n) is 9.98. The van der Waals surface area contributed by atoms with Crippen LogP contribution >= 0.6 is 31.9 Å². The summed E-state index contributed by atoms with van der Waals surface area (Å²) >= 11 is 6.73. The average Bonchev–Trinajstić information content (AvgIpc) is 2.18. The van der Waals surface area contributed by atoms with Crippen molar-refractivity contribution in [2.45, 2.75) is 0 Å². The first kappa shape index (κ1) is 57.6. The zero-order valence-electron chi connectivity index (χ0n) is 45.6. The third kappa shape index (κ3) is 12.8. The van der Waals surface area contributed by atoms with Gasteiger partial charge in [-0.05, 0) is 120 Å². The van der Waals surface area contributed by atoms with Crippen molar-refractivity contribution in [3.63, 3.8) is 0 Å². The predicted octanol–water partition coefficient (Wildman–Crippen LogP) is 13.7. The smallest absolute Gasteiger partial charge is 0.260 e. The Kier molecular flexibility index (Phi) is 17.3. The van der Waals surface area contributed by atoms with Gasteiger partial charge in [-0.15, -0.1) is 0 Å². The second kappa shape index (κ2) is 26.2. The molecule has 0 saturated carbocycles. The van der Waals surface area contributed by atoms with Crippen LogP contribution in [0.3, 0.4) is 0 Å². The van der Waals surface area contributed by atoms with Gasteiger partial charge in [-0.3, -0.25) is 43.7 Å². The summed E-state index contributed by atoms with van der Waals surface area (Å²) in [6.45, 7) is 0. The lowest BCUT2D eigenvalue weighted by molar-refractivity contribution is 0.102. The zero-order valence-corrected chi connectivity index (χ0v) is 48.8. The molecule has 0 aliphatic carbocycles. The fourth-order valence-corrected chi connectivity index (χ4v) is 10.7. The Morgan fingerprint density at radius 2 is 0.805 bits per heavy atom. The maximum Gasteiger partial charge on any atom is 0.260 e. The lowest BCUT2D eigenvalue weighted by atomic mass is 9.92. The maximum atomic E-state index is 13.7. The van der Waals surface area contributed by atoms with Crippen LogP contribution in [-0.4, -0.2) is 62.7 Å². The van der Waals surface area contributed by atoms with E-state index in [0.717, 1.165) is 47.4 Å². The third-order valence-electron chi connectivity index (χ3n) is 13.8. The number of aromatic amines is 4. The molecule has 422 valence electrons. The van der Waals surface area contributed by atoms with Crippen molar-refractivity contribution < 1.29 is 14.4 Å². The number of hydrogen-bond donors (Lipinski definition) is 5. The number of fused-ring (bicyclic) bond motifs is 3. The molecule has 0 radical (unpaired) electrons. The molecule has 0 bridgehead atoms. The van der Waals surface area contributed by atoms with E-state index in [1.807, 2.05) is 170 Å². The van der Waals surface area contributed by atoms with Crippen molar-refractivity contribution in [1.82, 2.24) is 45.3 Å². The molecule has 6 N–H and O–H groups in total. The third-order valence-corrected chi connectivity index (χ3v) is 14.6. The summed E-state index contributed by atoms with van der Waals surface area (Å²) < 4.78 is 1.55. The maximum absolute atomic E-state index is 13.7. The van der Waals surface area contributed by atoms with Crippen LogP contribution in [0.1, 0.15) is 47.9 Å². The number of nitrogen functional groups attached to an aromatic ring is 1. The molecule has 6 aromatic carbocycles. The minimum Gasteiger partial charge on any atom is -0.397 e. The van der Waals surface area contributed by atoms with E-state index in [-0.39, 0.29) is 34.0 Å². The molecule has 13 rings (SSSR count). The van der Waals surface area contributed by atoms with Gasteiger partial charge in [0.15, 0.2) is 17.3 Å². The molecule has 87 heavy (non-hydrogen) atoms. The summed E-state index contributed by atoms with van der Waals surface area (Å²) in [5.41, 5.74) is 13.9. The number of rotatable bonds is 12. The summed E-state index contributed by atoms with van der Waals surface area (Å²) in [7, 11) is 0. The second-order valence-corrected chi connectivity index (χ2v) is 21.3. The molecule has 0 unspecified atom stereocenters. The van der Waals surface area contributed by atoms with Crippen LogP contribution in [-0.2, 0) is 0 Å². The molecule has 18 heteroatoms. The number of carbonyl (C=O) groups is 3. The Balaban J connectivity index is 0.000000135. The van der Waals surface area contributed by atoms with E-state index in [0.29, 0.717) is 55.7 Å². The number of nitrogens with one attached hydrogen (secondary N) is 4. The number of para-hydroxylation sites is 3. The topological polar surface area (TPSA) is 256 Å². The van der Waals surface area contributed by atoms with Crippen LogP contribution in [0.4, 0.5) is 5.69 Å². The molecule has 0 spiro atoms. The van der Waals surface area contributed by atoms with Crippen molar-refractivity contribution in [2.24, 2.45) is 0 Å². The number of hydrogen-bond acceptors (Lipinski definition) is 12. The first-order chi connectivity index (χ1) is 42.4. The largest absolute Gasteiger partial charge is 0.397 e. The number of benzene rings is 6. The van der Waals surface area contributed by atoms with E-state index in [4.69, 9.17) is 5.73 Å². The van der Waals surface area contributed by atoms with Crippen LogP contribution in [0.5, 0.6) is 0 Å². The molecule has 16 nitrogen and oxygen atoms in total. The van der Waals surface area contributed by atoms with Crippen molar-refractivity contribution >= 4 is 99.8 Å².